The van der Waals surface area contributed by atoms with E-state index in [4.69, 9.17) is 4.74 Å². The number of carbonyl (C=O) groups is 1. The number of aliphatic hydroxyl groups excluding tert-OH is 2. The van der Waals surface area contributed by atoms with Gasteiger partial charge < -0.3 is 20.1 Å². The van der Waals surface area contributed by atoms with Crippen LogP contribution in [0.4, 0.5) is 0 Å². The lowest BCUT2D eigenvalue weighted by atomic mass is 9.92. The average molecular weight is 272 g/mol. The molecule has 1 aliphatic carbocycles. The summed E-state index contributed by atoms with van der Waals surface area (Å²) in [5, 5.41) is 28.7. The second-order valence-corrected chi connectivity index (χ2v) is 4.65. The van der Waals surface area contributed by atoms with Crippen LogP contribution in [0.15, 0.2) is 53.5 Å². The third-order valence-corrected chi connectivity index (χ3v) is 3.22. The van der Waals surface area contributed by atoms with Gasteiger partial charge in [-0.3, -0.25) is 4.79 Å². The predicted octanol–water partition coefficient (Wildman–Crippen LogP) is 2.36. The Bertz CT molecular complexity index is 664. The van der Waals surface area contributed by atoms with Gasteiger partial charge in [0.1, 0.15) is 23.0 Å². The Morgan fingerprint density at radius 3 is 2.50 bits per heavy atom. The number of aliphatic hydroxyl groups is 2. The first-order chi connectivity index (χ1) is 9.54. The van der Waals surface area contributed by atoms with Gasteiger partial charge in [0.25, 0.3) is 0 Å². The van der Waals surface area contributed by atoms with Crippen molar-refractivity contribution in [1.29, 1.82) is 0 Å². The zero-order valence-electron chi connectivity index (χ0n) is 10.4. The van der Waals surface area contributed by atoms with E-state index in [0.717, 1.165) is 0 Å². The van der Waals surface area contributed by atoms with Crippen LogP contribution in [0.2, 0.25) is 0 Å². The Morgan fingerprint density at radius 1 is 1.10 bits per heavy atom. The summed E-state index contributed by atoms with van der Waals surface area (Å²) in [6.07, 6.45) is 1.86. The fourth-order valence-corrected chi connectivity index (χ4v) is 2.27. The van der Waals surface area contributed by atoms with Gasteiger partial charge in [-0.1, -0.05) is 0 Å². The van der Waals surface area contributed by atoms with E-state index in [1.54, 1.807) is 12.1 Å². The SMILES string of the molecule is O=C1CC(O)=CC2OC(c3ccc(O)cc3)=CC(O)=C12. The Hall–Kier alpha value is -2.69. The molecule has 5 heteroatoms. The lowest BCUT2D eigenvalue weighted by Gasteiger charge is -2.27. The highest BCUT2D eigenvalue weighted by atomic mass is 16.5. The van der Waals surface area contributed by atoms with E-state index < -0.39 is 6.10 Å². The maximum atomic E-state index is 11.8. The number of carbonyl (C=O) groups excluding carboxylic acids is 1. The van der Waals surface area contributed by atoms with Crippen LogP contribution in [0.1, 0.15) is 12.0 Å². The maximum Gasteiger partial charge on any atom is 0.174 e. The third kappa shape index (κ3) is 2.03. The van der Waals surface area contributed by atoms with E-state index >= 15 is 0 Å². The topological polar surface area (TPSA) is 87.0 Å². The summed E-state index contributed by atoms with van der Waals surface area (Å²) in [5.41, 5.74) is 0.810. The Kier molecular flexibility index (Phi) is 2.75. The van der Waals surface area contributed by atoms with E-state index in [1.807, 2.05) is 0 Å². The summed E-state index contributed by atoms with van der Waals surface area (Å²) in [6, 6.07) is 6.26. The number of hydrogen-bond acceptors (Lipinski definition) is 5. The molecule has 0 bridgehead atoms. The van der Waals surface area contributed by atoms with Crippen LogP contribution in [0.25, 0.3) is 5.76 Å². The first kappa shape index (κ1) is 12.3. The standard InChI is InChI=1S/C15H12O5/c16-9-3-1-8(2-4-9)13-7-12(19)15-11(18)5-10(17)6-14(15)20-13/h1-4,6-7,14,16-17,19H,5H2. The number of allylic oxidation sites excluding steroid dienone is 2. The van der Waals surface area contributed by atoms with Gasteiger partial charge in [0.05, 0.1) is 12.0 Å². The molecule has 0 amide bonds. The fourth-order valence-electron chi connectivity index (χ4n) is 2.27. The van der Waals surface area contributed by atoms with Gasteiger partial charge >= 0.3 is 0 Å². The molecule has 1 aliphatic heterocycles. The highest BCUT2D eigenvalue weighted by Crippen LogP contribution is 2.33. The molecule has 3 rings (SSSR count). The number of phenols is 1. The van der Waals surface area contributed by atoms with Gasteiger partial charge in [0.15, 0.2) is 11.9 Å². The lowest BCUT2D eigenvalue weighted by Crippen LogP contribution is -2.28. The molecule has 102 valence electrons. The molecular formula is C15H12O5. The van der Waals surface area contributed by atoms with Gasteiger partial charge in [-0.15, -0.1) is 0 Å². The molecule has 1 aromatic carbocycles. The number of phenolic OH excluding ortho intramolecular Hbond substituents is 1. The maximum absolute atomic E-state index is 11.8. The van der Waals surface area contributed by atoms with Gasteiger partial charge in [-0.2, -0.15) is 0 Å². The Balaban J connectivity index is 2.03. The highest BCUT2D eigenvalue weighted by molar-refractivity contribution is 6.00. The molecule has 1 heterocycles. The number of benzene rings is 1. The molecule has 3 N–H and O–H groups in total. The number of Topliss-reactive ketones (excluding diaryl/α,β-unsaturated/α-hetero) is 1. The number of aromatic hydroxyl groups is 1. The molecule has 0 aromatic heterocycles. The monoisotopic (exact) mass is 272 g/mol. The Morgan fingerprint density at radius 2 is 1.80 bits per heavy atom. The number of fused-ring (bicyclic) bond motifs is 1. The minimum atomic E-state index is -0.787. The van der Waals surface area contributed by atoms with Crippen LogP contribution in [0, 0.1) is 0 Å². The van der Waals surface area contributed by atoms with E-state index in [2.05, 4.69) is 0 Å². The van der Waals surface area contributed by atoms with Crippen LogP contribution in [-0.2, 0) is 9.53 Å². The molecular weight excluding hydrogens is 260 g/mol. The molecule has 0 spiro atoms. The second-order valence-electron chi connectivity index (χ2n) is 4.65. The van der Waals surface area contributed by atoms with Crippen molar-refractivity contribution in [3.05, 3.63) is 59.1 Å². The normalized spacial score (nSPS) is 21.8. The third-order valence-electron chi connectivity index (χ3n) is 3.22. The average Bonchev–Trinajstić information content (AvgIpc) is 2.38. The number of ketones is 1. The molecule has 0 fully saturated rings. The molecule has 0 radical (unpaired) electrons. The van der Waals surface area contributed by atoms with Crippen LogP contribution in [0.5, 0.6) is 5.75 Å². The second kappa shape index (κ2) is 4.45. The van der Waals surface area contributed by atoms with Crippen LogP contribution in [0.3, 0.4) is 0 Å². The van der Waals surface area contributed by atoms with E-state index in [1.165, 1.54) is 24.3 Å². The summed E-state index contributed by atoms with van der Waals surface area (Å²) in [7, 11) is 0. The van der Waals surface area contributed by atoms with Crippen LogP contribution < -0.4 is 0 Å². The van der Waals surface area contributed by atoms with Crippen LogP contribution >= 0.6 is 0 Å². The minimum Gasteiger partial charge on any atom is -0.512 e. The summed E-state index contributed by atoms with van der Waals surface area (Å²) in [6.45, 7) is 0. The van der Waals surface area contributed by atoms with Gasteiger partial charge in [0.2, 0.25) is 0 Å². The molecule has 20 heavy (non-hydrogen) atoms. The van der Waals surface area contributed by atoms with Crippen molar-refractivity contribution in [3.63, 3.8) is 0 Å². The molecule has 1 atom stereocenters. The zero-order chi connectivity index (χ0) is 14.3. The number of hydrogen-bond donors (Lipinski definition) is 3. The highest BCUT2D eigenvalue weighted by Gasteiger charge is 2.33. The first-order valence-corrected chi connectivity index (χ1v) is 6.08. The number of rotatable bonds is 1. The van der Waals surface area contributed by atoms with Crippen molar-refractivity contribution in [3.8, 4) is 5.75 Å². The Labute approximate surface area is 114 Å². The van der Waals surface area contributed by atoms with Crippen molar-refractivity contribution < 1.29 is 24.9 Å². The van der Waals surface area contributed by atoms with Gasteiger partial charge in [0, 0.05) is 11.6 Å². The van der Waals surface area contributed by atoms with Gasteiger partial charge in [-0.05, 0) is 30.3 Å². The summed E-state index contributed by atoms with van der Waals surface area (Å²) >= 11 is 0. The smallest absolute Gasteiger partial charge is 0.174 e. The molecule has 0 saturated heterocycles. The van der Waals surface area contributed by atoms with Gasteiger partial charge in [-0.25, -0.2) is 0 Å². The number of ether oxygens (including phenoxy) is 1. The molecule has 0 saturated carbocycles. The fraction of sp³-hybridized carbons (Fsp3) is 0.133. The minimum absolute atomic E-state index is 0.0662. The van der Waals surface area contributed by atoms with E-state index in [-0.39, 0.29) is 35.0 Å². The van der Waals surface area contributed by atoms with E-state index in [0.29, 0.717) is 11.3 Å². The van der Waals surface area contributed by atoms with Crippen molar-refractivity contribution >= 4 is 11.5 Å². The van der Waals surface area contributed by atoms with Crippen LogP contribution in [-0.4, -0.2) is 27.2 Å². The van der Waals surface area contributed by atoms with Crippen molar-refractivity contribution in [1.82, 2.24) is 0 Å². The predicted molar refractivity (Wildman–Crippen MR) is 70.9 cm³/mol. The first-order valence-electron chi connectivity index (χ1n) is 6.08. The largest absolute Gasteiger partial charge is 0.512 e. The van der Waals surface area contributed by atoms with Crippen molar-refractivity contribution in [2.75, 3.05) is 0 Å². The molecule has 1 aromatic rings. The quantitative estimate of drug-likeness (QED) is 0.730. The summed E-state index contributed by atoms with van der Waals surface area (Å²) in [4.78, 5) is 11.8. The molecule has 5 nitrogen and oxygen atoms in total. The zero-order valence-corrected chi connectivity index (χ0v) is 10.4. The summed E-state index contributed by atoms with van der Waals surface area (Å²) < 4.78 is 5.63. The molecule has 1 unspecified atom stereocenters. The van der Waals surface area contributed by atoms with Crippen molar-refractivity contribution in [2.45, 2.75) is 12.5 Å². The lowest BCUT2D eigenvalue weighted by molar-refractivity contribution is -0.116. The summed E-state index contributed by atoms with van der Waals surface area (Å²) in [5.74, 6) is -0.0823. The molecule has 2 aliphatic rings. The van der Waals surface area contributed by atoms with E-state index in [9.17, 15) is 20.1 Å². The van der Waals surface area contributed by atoms with Crippen molar-refractivity contribution in [2.24, 2.45) is 0 Å².